The molecule has 182 valence electrons. The summed E-state index contributed by atoms with van der Waals surface area (Å²) >= 11 is 0. The number of anilines is 2. The molecule has 0 saturated heterocycles. The van der Waals surface area contributed by atoms with Crippen molar-refractivity contribution in [3.05, 3.63) is 59.2 Å². The van der Waals surface area contributed by atoms with Crippen molar-refractivity contribution >= 4 is 23.3 Å². The fraction of sp³-hybridized carbons (Fsp3) is 0.481. The number of hydrogen-bond acceptors (Lipinski definition) is 5. The zero-order chi connectivity index (χ0) is 25.0. The summed E-state index contributed by atoms with van der Waals surface area (Å²) in [4.78, 5) is 26.7. The number of esters is 1. The Morgan fingerprint density at radius 3 is 2.00 bits per heavy atom. The van der Waals surface area contributed by atoms with Gasteiger partial charge in [-0.15, -0.1) is 0 Å². The number of rotatable bonds is 10. The molecule has 0 unspecified atom stereocenters. The monoisotopic (exact) mass is 456 g/mol. The standard InChI is InChI=1S/C14H21NO2.C13H19NO2/c1-10(2)5-6-11-9-12(15(3)4)7-8-13(11)14(16)17;1-4-5-10-16-13(15)11-6-8-12(9-7-11)14(2)3/h7-10H,5-6H2,1-4H3,(H,16,17);6-9H,4-5,10H2,1-3H3. The van der Waals surface area contributed by atoms with E-state index in [4.69, 9.17) is 9.84 Å². The molecule has 0 fully saturated rings. The Balaban J connectivity index is 0.000000331. The van der Waals surface area contributed by atoms with Gasteiger partial charge >= 0.3 is 11.9 Å². The molecule has 33 heavy (non-hydrogen) atoms. The Morgan fingerprint density at radius 1 is 0.939 bits per heavy atom. The fourth-order valence-electron chi connectivity index (χ4n) is 3.01. The molecular formula is C27H40N2O4. The predicted molar refractivity (Wildman–Crippen MR) is 137 cm³/mol. The van der Waals surface area contributed by atoms with Gasteiger partial charge in [-0.25, -0.2) is 9.59 Å². The van der Waals surface area contributed by atoms with Crippen molar-refractivity contribution in [3.63, 3.8) is 0 Å². The second-order valence-electron chi connectivity index (χ2n) is 8.90. The number of nitrogens with zero attached hydrogens (tertiary/aromatic N) is 2. The predicted octanol–water partition coefficient (Wildman–Crippen LogP) is 5.75. The van der Waals surface area contributed by atoms with E-state index in [0.717, 1.165) is 42.6 Å². The van der Waals surface area contributed by atoms with Crippen molar-refractivity contribution in [1.82, 2.24) is 0 Å². The van der Waals surface area contributed by atoms with Crippen molar-refractivity contribution < 1.29 is 19.4 Å². The second kappa shape index (κ2) is 14.2. The van der Waals surface area contributed by atoms with E-state index in [1.54, 1.807) is 18.2 Å². The summed E-state index contributed by atoms with van der Waals surface area (Å²) in [6.45, 7) is 6.87. The maximum absolute atomic E-state index is 11.6. The van der Waals surface area contributed by atoms with Crippen molar-refractivity contribution in [1.29, 1.82) is 0 Å². The van der Waals surface area contributed by atoms with E-state index < -0.39 is 5.97 Å². The minimum atomic E-state index is -0.839. The van der Waals surface area contributed by atoms with E-state index >= 15 is 0 Å². The Labute approximate surface area is 199 Å². The molecule has 1 N–H and O–H groups in total. The highest BCUT2D eigenvalue weighted by Gasteiger charge is 2.12. The molecule has 2 aromatic rings. The van der Waals surface area contributed by atoms with Gasteiger partial charge < -0.3 is 19.6 Å². The number of ether oxygens (including phenoxy) is 1. The first-order valence-corrected chi connectivity index (χ1v) is 11.5. The SMILES string of the molecule is CC(C)CCc1cc(N(C)C)ccc1C(=O)O.CCCCOC(=O)c1ccc(N(C)C)cc1. The van der Waals surface area contributed by atoms with Gasteiger partial charge in [0, 0.05) is 39.6 Å². The van der Waals surface area contributed by atoms with E-state index in [-0.39, 0.29) is 5.97 Å². The number of carboxylic acid groups (broad SMARTS) is 1. The van der Waals surface area contributed by atoms with Crippen molar-refractivity contribution in [3.8, 4) is 0 Å². The molecule has 0 aliphatic rings. The molecule has 0 atom stereocenters. The topological polar surface area (TPSA) is 70.1 Å². The highest BCUT2D eigenvalue weighted by molar-refractivity contribution is 5.90. The summed E-state index contributed by atoms with van der Waals surface area (Å²) < 4.78 is 5.12. The Hall–Kier alpha value is -3.02. The van der Waals surface area contributed by atoms with E-state index in [9.17, 15) is 9.59 Å². The van der Waals surface area contributed by atoms with Crippen LogP contribution in [-0.4, -0.2) is 51.8 Å². The largest absolute Gasteiger partial charge is 0.478 e. The molecule has 0 aromatic heterocycles. The van der Waals surface area contributed by atoms with E-state index in [1.165, 1.54) is 0 Å². The molecule has 0 aliphatic carbocycles. The quantitative estimate of drug-likeness (QED) is 0.363. The summed E-state index contributed by atoms with van der Waals surface area (Å²) in [5, 5.41) is 9.15. The van der Waals surface area contributed by atoms with Gasteiger partial charge in [-0.3, -0.25) is 0 Å². The van der Waals surface area contributed by atoms with Gasteiger partial charge in [0.1, 0.15) is 0 Å². The molecule has 0 aliphatic heterocycles. The van der Waals surface area contributed by atoms with Crippen LogP contribution in [0.3, 0.4) is 0 Å². The number of carbonyl (C=O) groups excluding carboxylic acids is 1. The lowest BCUT2D eigenvalue weighted by molar-refractivity contribution is 0.0499. The normalized spacial score (nSPS) is 10.3. The minimum Gasteiger partial charge on any atom is -0.478 e. The number of carboxylic acids is 1. The Bertz CT molecular complexity index is 874. The molecule has 0 amide bonds. The van der Waals surface area contributed by atoms with Crippen LogP contribution in [0.25, 0.3) is 0 Å². The average Bonchev–Trinajstić information content (AvgIpc) is 2.77. The smallest absolute Gasteiger partial charge is 0.338 e. The van der Waals surface area contributed by atoms with Gasteiger partial charge in [0.2, 0.25) is 0 Å². The lowest BCUT2D eigenvalue weighted by Crippen LogP contribution is -2.11. The average molecular weight is 457 g/mol. The number of unbranched alkanes of at least 4 members (excludes halogenated alkanes) is 1. The Morgan fingerprint density at radius 2 is 1.52 bits per heavy atom. The number of hydrogen-bond donors (Lipinski definition) is 1. The third-order valence-corrected chi connectivity index (χ3v) is 5.18. The van der Waals surface area contributed by atoms with Crippen molar-refractivity contribution in [2.75, 3.05) is 44.6 Å². The second-order valence-corrected chi connectivity index (χ2v) is 8.90. The summed E-state index contributed by atoms with van der Waals surface area (Å²) in [6.07, 6.45) is 3.78. The Kier molecular flexibility index (Phi) is 12.0. The van der Waals surface area contributed by atoms with Gasteiger partial charge in [0.15, 0.2) is 0 Å². The van der Waals surface area contributed by atoms with Crippen LogP contribution in [0, 0.1) is 5.92 Å². The summed E-state index contributed by atoms with van der Waals surface area (Å²) in [6, 6.07) is 12.9. The number of aryl methyl sites for hydroxylation is 1. The maximum Gasteiger partial charge on any atom is 0.338 e. The molecule has 2 aromatic carbocycles. The van der Waals surface area contributed by atoms with Crippen LogP contribution in [0.5, 0.6) is 0 Å². The molecular weight excluding hydrogens is 416 g/mol. The lowest BCUT2D eigenvalue weighted by Gasteiger charge is -2.16. The van der Waals surface area contributed by atoms with Crippen LogP contribution in [0.15, 0.2) is 42.5 Å². The van der Waals surface area contributed by atoms with Gasteiger partial charge in [0.05, 0.1) is 17.7 Å². The number of carbonyl (C=O) groups is 2. The zero-order valence-corrected chi connectivity index (χ0v) is 21.2. The van der Waals surface area contributed by atoms with Gasteiger partial charge in [-0.2, -0.15) is 0 Å². The summed E-state index contributed by atoms with van der Waals surface area (Å²) in [7, 11) is 7.85. The molecule has 2 rings (SSSR count). The molecule has 0 bridgehead atoms. The molecule has 6 nitrogen and oxygen atoms in total. The first kappa shape index (κ1) is 28.0. The van der Waals surface area contributed by atoms with Crippen LogP contribution < -0.4 is 9.80 Å². The van der Waals surface area contributed by atoms with Crippen LogP contribution in [-0.2, 0) is 11.2 Å². The highest BCUT2D eigenvalue weighted by Crippen LogP contribution is 2.21. The van der Waals surface area contributed by atoms with Crippen molar-refractivity contribution in [2.45, 2.75) is 46.5 Å². The van der Waals surface area contributed by atoms with E-state index in [1.807, 2.05) is 62.3 Å². The van der Waals surface area contributed by atoms with Crippen LogP contribution in [0.4, 0.5) is 11.4 Å². The van der Waals surface area contributed by atoms with Gasteiger partial charge in [0.25, 0.3) is 0 Å². The fourth-order valence-corrected chi connectivity index (χ4v) is 3.01. The van der Waals surface area contributed by atoms with Crippen LogP contribution >= 0.6 is 0 Å². The minimum absolute atomic E-state index is 0.237. The maximum atomic E-state index is 11.6. The molecule has 6 heteroatoms. The number of benzene rings is 2. The van der Waals surface area contributed by atoms with Crippen LogP contribution in [0.2, 0.25) is 0 Å². The summed E-state index contributed by atoms with van der Waals surface area (Å²) in [5.74, 6) is -0.493. The highest BCUT2D eigenvalue weighted by atomic mass is 16.5. The zero-order valence-electron chi connectivity index (χ0n) is 21.2. The van der Waals surface area contributed by atoms with Gasteiger partial charge in [-0.1, -0.05) is 27.2 Å². The molecule has 0 saturated carbocycles. The van der Waals surface area contributed by atoms with E-state index in [0.29, 0.717) is 23.7 Å². The van der Waals surface area contributed by atoms with E-state index in [2.05, 4.69) is 20.8 Å². The van der Waals surface area contributed by atoms with Gasteiger partial charge in [-0.05, 0) is 73.2 Å². The van der Waals surface area contributed by atoms with Crippen molar-refractivity contribution in [2.24, 2.45) is 5.92 Å². The summed E-state index contributed by atoms with van der Waals surface area (Å²) in [5.41, 5.74) is 4.09. The number of aromatic carboxylic acids is 1. The van der Waals surface area contributed by atoms with Crippen LogP contribution in [0.1, 0.15) is 66.3 Å². The molecule has 0 radical (unpaired) electrons. The first-order chi connectivity index (χ1) is 15.6. The lowest BCUT2D eigenvalue weighted by atomic mass is 9.98. The first-order valence-electron chi connectivity index (χ1n) is 11.5. The molecule has 0 spiro atoms. The third kappa shape index (κ3) is 9.98. The molecule has 0 heterocycles. The third-order valence-electron chi connectivity index (χ3n) is 5.18.